The summed E-state index contributed by atoms with van der Waals surface area (Å²) in [6.45, 7) is 0.614. The smallest absolute Gasteiger partial charge is 0.237 e. The van der Waals surface area contributed by atoms with Crippen LogP contribution in [0.5, 0.6) is 5.75 Å². The topological polar surface area (TPSA) is 61.4 Å². The summed E-state index contributed by atoms with van der Waals surface area (Å²) in [4.78, 5) is 12.7. The molecule has 2 atom stereocenters. The van der Waals surface area contributed by atoms with Crippen LogP contribution < -0.4 is 10.6 Å². The van der Waals surface area contributed by atoms with Crippen LogP contribution in [-0.2, 0) is 24.2 Å². The highest BCUT2D eigenvalue weighted by Gasteiger charge is 2.28. The number of phenolic OH excluding ortho intramolecular Hbond substituents is 1. The summed E-state index contributed by atoms with van der Waals surface area (Å²) >= 11 is 0. The van der Waals surface area contributed by atoms with Gasteiger partial charge in [0, 0.05) is 6.54 Å². The van der Waals surface area contributed by atoms with Crippen LogP contribution in [0.3, 0.4) is 0 Å². The van der Waals surface area contributed by atoms with Crippen LogP contribution in [0.1, 0.15) is 41.1 Å². The van der Waals surface area contributed by atoms with E-state index in [0.29, 0.717) is 13.0 Å². The number of rotatable bonds is 2. The van der Waals surface area contributed by atoms with Gasteiger partial charge in [0.15, 0.2) is 0 Å². The van der Waals surface area contributed by atoms with Crippen LogP contribution in [0.2, 0.25) is 0 Å². The van der Waals surface area contributed by atoms with E-state index in [2.05, 4.69) is 28.8 Å². The maximum atomic E-state index is 12.7. The van der Waals surface area contributed by atoms with E-state index in [1.54, 1.807) is 12.1 Å². The molecule has 0 radical (unpaired) electrons. The molecule has 124 valence electrons. The number of carbonyl (C=O) groups is 1. The number of aromatic hydroxyl groups is 1. The Labute approximate surface area is 141 Å². The monoisotopic (exact) mass is 322 g/mol. The lowest BCUT2D eigenvalue weighted by molar-refractivity contribution is -0.124. The van der Waals surface area contributed by atoms with Gasteiger partial charge in [-0.15, -0.1) is 0 Å². The van der Waals surface area contributed by atoms with Crippen LogP contribution in [0.15, 0.2) is 42.5 Å². The van der Waals surface area contributed by atoms with Crippen molar-refractivity contribution >= 4 is 5.91 Å². The molecule has 0 spiro atoms. The summed E-state index contributed by atoms with van der Waals surface area (Å²) < 4.78 is 0. The van der Waals surface area contributed by atoms with Gasteiger partial charge in [0.1, 0.15) is 5.75 Å². The molecule has 24 heavy (non-hydrogen) atoms. The van der Waals surface area contributed by atoms with Gasteiger partial charge >= 0.3 is 0 Å². The molecular weight excluding hydrogens is 300 g/mol. The molecule has 4 rings (SSSR count). The van der Waals surface area contributed by atoms with E-state index in [9.17, 15) is 9.90 Å². The van der Waals surface area contributed by atoms with E-state index >= 15 is 0 Å². The summed E-state index contributed by atoms with van der Waals surface area (Å²) in [5.41, 5.74) is 4.82. The lowest BCUT2D eigenvalue weighted by atomic mass is 9.87. The predicted molar refractivity (Wildman–Crippen MR) is 92.7 cm³/mol. The maximum Gasteiger partial charge on any atom is 0.237 e. The molecule has 0 saturated heterocycles. The van der Waals surface area contributed by atoms with Crippen molar-refractivity contribution in [3.05, 3.63) is 64.7 Å². The van der Waals surface area contributed by atoms with Gasteiger partial charge in [-0.1, -0.05) is 30.3 Å². The lowest BCUT2D eigenvalue weighted by Gasteiger charge is -2.30. The van der Waals surface area contributed by atoms with Gasteiger partial charge in [0.05, 0.1) is 12.1 Å². The number of amides is 1. The van der Waals surface area contributed by atoms with Crippen LogP contribution in [0.25, 0.3) is 0 Å². The number of hydrogen-bond acceptors (Lipinski definition) is 3. The average molecular weight is 322 g/mol. The van der Waals surface area contributed by atoms with Crippen LogP contribution in [0, 0.1) is 0 Å². The minimum atomic E-state index is -0.212. The first kappa shape index (κ1) is 15.2. The molecule has 1 aliphatic carbocycles. The summed E-state index contributed by atoms with van der Waals surface area (Å²) in [6, 6.07) is 13.7. The summed E-state index contributed by atoms with van der Waals surface area (Å²) in [5, 5.41) is 16.1. The minimum Gasteiger partial charge on any atom is -0.508 e. The van der Waals surface area contributed by atoms with E-state index in [1.165, 1.54) is 11.1 Å². The van der Waals surface area contributed by atoms with E-state index < -0.39 is 0 Å². The number of fused-ring (bicyclic) bond motifs is 2. The molecule has 1 aliphatic heterocycles. The SMILES string of the molecule is O=C(N[C@H]1CCCc2ccccc21)[C@@H]1Cc2ccc(O)cc2CN1. The Bertz CT molecular complexity index is 772. The van der Waals surface area contributed by atoms with E-state index in [4.69, 9.17) is 0 Å². The van der Waals surface area contributed by atoms with Gasteiger partial charge in [0.25, 0.3) is 0 Å². The lowest BCUT2D eigenvalue weighted by Crippen LogP contribution is -2.48. The summed E-state index contributed by atoms with van der Waals surface area (Å²) in [6.07, 6.45) is 3.87. The zero-order valence-electron chi connectivity index (χ0n) is 13.6. The second-order valence-corrected chi connectivity index (χ2v) is 6.74. The fraction of sp³-hybridized carbons (Fsp3) is 0.350. The van der Waals surface area contributed by atoms with Crippen molar-refractivity contribution < 1.29 is 9.90 Å². The van der Waals surface area contributed by atoms with Crippen molar-refractivity contribution in [2.75, 3.05) is 0 Å². The standard InChI is InChI=1S/C20H22N2O2/c23-16-9-8-14-11-19(21-12-15(14)10-16)20(24)22-18-7-3-5-13-4-1-2-6-17(13)18/h1-2,4,6,8-10,18-19,21,23H,3,5,7,11-12H2,(H,22,24)/t18-,19-/m0/s1. The van der Waals surface area contributed by atoms with Gasteiger partial charge in [-0.3, -0.25) is 4.79 Å². The van der Waals surface area contributed by atoms with Crippen LogP contribution in [-0.4, -0.2) is 17.1 Å². The third kappa shape index (κ3) is 2.89. The highest BCUT2D eigenvalue weighted by Crippen LogP contribution is 2.30. The van der Waals surface area contributed by atoms with Crippen molar-refractivity contribution in [1.82, 2.24) is 10.6 Å². The van der Waals surface area contributed by atoms with E-state index in [-0.39, 0.29) is 23.7 Å². The highest BCUT2D eigenvalue weighted by atomic mass is 16.3. The Balaban J connectivity index is 1.47. The Morgan fingerprint density at radius 3 is 2.92 bits per heavy atom. The summed E-state index contributed by atoms with van der Waals surface area (Å²) in [5.74, 6) is 0.340. The van der Waals surface area contributed by atoms with Crippen molar-refractivity contribution in [2.45, 2.75) is 44.3 Å². The Hall–Kier alpha value is -2.33. The zero-order chi connectivity index (χ0) is 16.5. The molecular formula is C20H22N2O2. The molecule has 4 nitrogen and oxygen atoms in total. The molecule has 0 unspecified atom stereocenters. The number of nitrogens with one attached hydrogen (secondary N) is 2. The Morgan fingerprint density at radius 2 is 2.00 bits per heavy atom. The van der Waals surface area contributed by atoms with Gasteiger partial charge in [-0.2, -0.15) is 0 Å². The van der Waals surface area contributed by atoms with Crippen molar-refractivity contribution in [1.29, 1.82) is 0 Å². The third-order valence-electron chi connectivity index (χ3n) is 5.16. The van der Waals surface area contributed by atoms with Gasteiger partial charge in [-0.25, -0.2) is 0 Å². The first-order valence-electron chi connectivity index (χ1n) is 8.63. The molecule has 0 aromatic heterocycles. The average Bonchev–Trinajstić information content (AvgIpc) is 2.61. The molecule has 0 fully saturated rings. The number of phenols is 1. The summed E-state index contributed by atoms with van der Waals surface area (Å²) in [7, 11) is 0. The molecule has 3 N–H and O–H groups in total. The molecule has 4 heteroatoms. The fourth-order valence-corrected chi connectivity index (χ4v) is 3.86. The molecule has 0 saturated carbocycles. The number of carbonyl (C=O) groups excluding carboxylic acids is 1. The van der Waals surface area contributed by atoms with E-state index in [0.717, 1.165) is 30.4 Å². The minimum absolute atomic E-state index is 0.0652. The molecule has 0 bridgehead atoms. The molecule has 1 amide bonds. The van der Waals surface area contributed by atoms with Gasteiger partial charge in [0.2, 0.25) is 5.91 Å². The van der Waals surface area contributed by atoms with Crippen molar-refractivity contribution in [3.8, 4) is 5.75 Å². The fourth-order valence-electron chi connectivity index (χ4n) is 3.86. The molecule has 2 aliphatic rings. The highest BCUT2D eigenvalue weighted by molar-refractivity contribution is 5.83. The van der Waals surface area contributed by atoms with Crippen molar-refractivity contribution in [3.63, 3.8) is 0 Å². The first-order chi connectivity index (χ1) is 11.7. The largest absolute Gasteiger partial charge is 0.508 e. The quantitative estimate of drug-likeness (QED) is 0.796. The second kappa shape index (κ2) is 6.29. The van der Waals surface area contributed by atoms with Gasteiger partial charge in [-0.05, 0) is 60.1 Å². The van der Waals surface area contributed by atoms with Crippen molar-refractivity contribution in [2.24, 2.45) is 0 Å². The second-order valence-electron chi connectivity index (χ2n) is 6.74. The van der Waals surface area contributed by atoms with Crippen LogP contribution in [0.4, 0.5) is 0 Å². The maximum absolute atomic E-state index is 12.7. The number of benzene rings is 2. The molecule has 2 aromatic rings. The zero-order valence-corrected chi connectivity index (χ0v) is 13.6. The van der Waals surface area contributed by atoms with Crippen LogP contribution >= 0.6 is 0 Å². The number of hydrogen-bond donors (Lipinski definition) is 3. The van der Waals surface area contributed by atoms with Gasteiger partial charge < -0.3 is 15.7 Å². The Morgan fingerprint density at radius 1 is 1.12 bits per heavy atom. The third-order valence-corrected chi connectivity index (χ3v) is 5.16. The number of aryl methyl sites for hydroxylation is 1. The predicted octanol–water partition coefficient (Wildman–Crippen LogP) is 2.60. The Kier molecular flexibility index (Phi) is 3.98. The normalized spacial score (nSPS) is 22.3. The molecule has 2 aromatic carbocycles. The molecule has 1 heterocycles. The van der Waals surface area contributed by atoms with E-state index in [1.807, 2.05) is 12.1 Å². The first-order valence-corrected chi connectivity index (χ1v) is 8.63.